The predicted molar refractivity (Wildman–Crippen MR) is 64.5 cm³/mol. The Kier molecular flexibility index (Phi) is 8.38. The Balaban J connectivity index is 3.59. The van der Waals surface area contributed by atoms with E-state index in [0.717, 1.165) is 32.4 Å². The molecule has 0 fully saturated rings. The number of carbonyl (C=O) groups is 1. The first kappa shape index (κ1) is 14.4. The third-order valence-corrected chi connectivity index (χ3v) is 2.64. The van der Waals surface area contributed by atoms with Gasteiger partial charge in [0.05, 0.1) is 0 Å². The van der Waals surface area contributed by atoms with Crippen LogP contribution in [0.4, 0.5) is 0 Å². The van der Waals surface area contributed by atoms with Gasteiger partial charge in [-0.3, -0.25) is 4.79 Å². The van der Waals surface area contributed by atoms with E-state index in [1.807, 2.05) is 0 Å². The van der Waals surface area contributed by atoms with Crippen LogP contribution in [0.5, 0.6) is 0 Å². The van der Waals surface area contributed by atoms with E-state index in [1.165, 1.54) is 0 Å². The maximum absolute atomic E-state index is 11.4. The molecule has 0 radical (unpaired) electrons. The fraction of sp³-hybridized carbons (Fsp3) is 0.917. The summed E-state index contributed by atoms with van der Waals surface area (Å²) in [7, 11) is 0. The van der Waals surface area contributed by atoms with E-state index in [1.54, 1.807) is 0 Å². The van der Waals surface area contributed by atoms with Crippen LogP contribution in [0.1, 0.15) is 46.5 Å². The Morgan fingerprint density at radius 2 is 2.00 bits per heavy atom. The molecule has 0 heterocycles. The first-order valence-corrected chi connectivity index (χ1v) is 6.06. The number of nitrogens with one attached hydrogen (secondary N) is 1. The van der Waals surface area contributed by atoms with Gasteiger partial charge in [-0.15, -0.1) is 0 Å². The van der Waals surface area contributed by atoms with Crippen LogP contribution in [0.15, 0.2) is 0 Å². The van der Waals surface area contributed by atoms with Crippen molar-refractivity contribution in [2.45, 2.75) is 46.5 Å². The third-order valence-electron chi connectivity index (χ3n) is 2.64. The largest absolute Gasteiger partial charge is 0.356 e. The summed E-state index contributed by atoms with van der Waals surface area (Å²) in [6.45, 7) is 7.87. The molecule has 15 heavy (non-hydrogen) atoms. The van der Waals surface area contributed by atoms with Crippen molar-refractivity contribution in [2.75, 3.05) is 13.1 Å². The van der Waals surface area contributed by atoms with E-state index < -0.39 is 0 Å². The standard InChI is InChI=1S/C12H26N2O/c1-4-11(7-8-13)5-6-12(15)14-9-10(2)3/h10-11H,4-9,13H2,1-3H3,(H,14,15). The van der Waals surface area contributed by atoms with Gasteiger partial charge in [-0.25, -0.2) is 0 Å². The normalized spacial score (nSPS) is 12.9. The fourth-order valence-corrected chi connectivity index (χ4v) is 1.53. The molecule has 0 aliphatic rings. The zero-order valence-corrected chi connectivity index (χ0v) is 10.4. The summed E-state index contributed by atoms with van der Waals surface area (Å²) in [5, 5.41) is 2.93. The Labute approximate surface area is 93.8 Å². The van der Waals surface area contributed by atoms with Crippen LogP contribution in [0.2, 0.25) is 0 Å². The molecule has 0 aromatic heterocycles. The lowest BCUT2D eigenvalue weighted by molar-refractivity contribution is -0.121. The Morgan fingerprint density at radius 1 is 1.33 bits per heavy atom. The minimum Gasteiger partial charge on any atom is -0.356 e. The van der Waals surface area contributed by atoms with Crippen molar-refractivity contribution < 1.29 is 4.79 Å². The van der Waals surface area contributed by atoms with E-state index in [2.05, 4.69) is 26.1 Å². The first-order valence-electron chi connectivity index (χ1n) is 6.06. The molecule has 0 aromatic carbocycles. The number of carbonyl (C=O) groups excluding carboxylic acids is 1. The van der Waals surface area contributed by atoms with E-state index in [9.17, 15) is 4.79 Å². The summed E-state index contributed by atoms with van der Waals surface area (Å²) in [6, 6.07) is 0. The highest BCUT2D eigenvalue weighted by atomic mass is 16.1. The SMILES string of the molecule is CCC(CCN)CCC(=O)NCC(C)C. The van der Waals surface area contributed by atoms with E-state index in [4.69, 9.17) is 5.73 Å². The molecule has 0 saturated heterocycles. The highest BCUT2D eigenvalue weighted by molar-refractivity contribution is 5.75. The van der Waals surface area contributed by atoms with Crippen LogP contribution < -0.4 is 11.1 Å². The summed E-state index contributed by atoms with van der Waals surface area (Å²) < 4.78 is 0. The average Bonchev–Trinajstić information content (AvgIpc) is 2.21. The summed E-state index contributed by atoms with van der Waals surface area (Å²) in [5.74, 6) is 1.32. The van der Waals surface area contributed by atoms with Crippen LogP contribution in [0, 0.1) is 11.8 Å². The molecule has 0 aliphatic carbocycles. The summed E-state index contributed by atoms with van der Waals surface area (Å²) in [5.41, 5.74) is 5.51. The number of hydrogen-bond acceptors (Lipinski definition) is 2. The molecular weight excluding hydrogens is 188 g/mol. The van der Waals surface area contributed by atoms with Gasteiger partial charge in [-0.05, 0) is 31.2 Å². The molecule has 0 spiro atoms. The zero-order valence-electron chi connectivity index (χ0n) is 10.4. The van der Waals surface area contributed by atoms with Crippen LogP contribution in [-0.4, -0.2) is 19.0 Å². The molecule has 1 unspecified atom stereocenters. The lowest BCUT2D eigenvalue weighted by Crippen LogP contribution is -2.27. The Bertz CT molecular complexity index is 169. The smallest absolute Gasteiger partial charge is 0.220 e. The van der Waals surface area contributed by atoms with Gasteiger partial charge in [-0.1, -0.05) is 27.2 Å². The fourth-order valence-electron chi connectivity index (χ4n) is 1.53. The van der Waals surface area contributed by atoms with Crippen molar-refractivity contribution in [3.63, 3.8) is 0 Å². The predicted octanol–water partition coefficient (Wildman–Crippen LogP) is 1.91. The Morgan fingerprint density at radius 3 is 2.47 bits per heavy atom. The molecule has 1 atom stereocenters. The molecule has 90 valence electrons. The van der Waals surface area contributed by atoms with Gasteiger partial charge in [0, 0.05) is 13.0 Å². The van der Waals surface area contributed by atoms with E-state index in [0.29, 0.717) is 18.3 Å². The molecule has 0 rings (SSSR count). The van der Waals surface area contributed by atoms with Crippen molar-refractivity contribution >= 4 is 5.91 Å². The molecule has 3 N–H and O–H groups in total. The zero-order chi connectivity index (χ0) is 11.7. The van der Waals surface area contributed by atoms with E-state index in [-0.39, 0.29) is 5.91 Å². The topological polar surface area (TPSA) is 55.1 Å². The highest BCUT2D eigenvalue weighted by Gasteiger charge is 2.08. The summed E-state index contributed by atoms with van der Waals surface area (Å²) in [4.78, 5) is 11.4. The van der Waals surface area contributed by atoms with Crippen LogP contribution in [0.3, 0.4) is 0 Å². The van der Waals surface area contributed by atoms with Crippen molar-refractivity contribution in [3.8, 4) is 0 Å². The number of rotatable bonds is 8. The number of amides is 1. The first-order chi connectivity index (χ1) is 7.10. The third kappa shape index (κ3) is 8.43. The van der Waals surface area contributed by atoms with Crippen LogP contribution in [0.25, 0.3) is 0 Å². The number of hydrogen-bond donors (Lipinski definition) is 2. The maximum atomic E-state index is 11.4. The number of nitrogens with two attached hydrogens (primary N) is 1. The minimum atomic E-state index is 0.180. The second kappa shape index (κ2) is 8.72. The van der Waals surface area contributed by atoms with Gasteiger partial charge in [0.15, 0.2) is 0 Å². The molecule has 1 amide bonds. The van der Waals surface area contributed by atoms with Crippen LogP contribution in [-0.2, 0) is 4.79 Å². The summed E-state index contributed by atoms with van der Waals surface area (Å²) in [6.07, 6.45) is 3.77. The van der Waals surface area contributed by atoms with Crippen molar-refractivity contribution in [3.05, 3.63) is 0 Å². The second-order valence-corrected chi connectivity index (χ2v) is 4.59. The monoisotopic (exact) mass is 214 g/mol. The average molecular weight is 214 g/mol. The highest BCUT2D eigenvalue weighted by Crippen LogP contribution is 2.14. The van der Waals surface area contributed by atoms with E-state index >= 15 is 0 Å². The molecular formula is C12H26N2O. The van der Waals surface area contributed by atoms with Gasteiger partial charge in [0.1, 0.15) is 0 Å². The maximum Gasteiger partial charge on any atom is 0.220 e. The Hall–Kier alpha value is -0.570. The molecule has 3 heteroatoms. The molecule has 0 aliphatic heterocycles. The van der Waals surface area contributed by atoms with Crippen molar-refractivity contribution in [1.29, 1.82) is 0 Å². The van der Waals surface area contributed by atoms with Gasteiger partial charge in [-0.2, -0.15) is 0 Å². The second-order valence-electron chi connectivity index (χ2n) is 4.59. The lowest BCUT2D eigenvalue weighted by atomic mass is 9.96. The van der Waals surface area contributed by atoms with Crippen LogP contribution >= 0.6 is 0 Å². The summed E-state index contributed by atoms with van der Waals surface area (Å²) >= 11 is 0. The van der Waals surface area contributed by atoms with Gasteiger partial charge >= 0.3 is 0 Å². The van der Waals surface area contributed by atoms with Crippen molar-refractivity contribution in [2.24, 2.45) is 17.6 Å². The molecule has 0 saturated carbocycles. The van der Waals surface area contributed by atoms with Gasteiger partial charge in [0.2, 0.25) is 5.91 Å². The van der Waals surface area contributed by atoms with Gasteiger partial charge < -0.3 is 11.1 Å². The molecule has 0 aromatic rings. The van der Waals surface area contributed by atoms with Gasteiger partial charge in [0.25, 0.3) is 0 Å². The molecule has 0 bridgehead atoms. The lowest BCUT2D eigenvalue weighted by Gasteiger charge is -2.13. The quantitative estimate of drug-likeness (QED) is 0.648. The molecule has 3 nitrogen and oxygen atoms in total. The minimum absolute atomic E-state index is 0.180. The van der Waals surface area contributed by atoms with Crippen molar-refractivity contribution in [1.82, 2.24) is 5.32 Å².